The lowest BCUT2D eigenvalue weighted by molar-refractivity contribution is 0.328. The standard InChI is InChI=1S/C16H20N2O/c1-4-19-16-15(9-6-10-17-16)18-11-14-8-5-7-12(2)13(14)3/h5-10,18H,4,11H2,1-3H3. The van der Waals surface area contributed by atoms with Crippen molar-refractivity contribution in [2.75, 3.05) is 11.9 Å². The molecule has 1 aromatic heterocycles. The molecule has 1 heterocycles. The van der Waals surface area contributed by atoms with Crippen molar-refractivity contribution in [3.63, 3.8) is 0 Å². The molecule has 0 radical (unpaired) electrons. The zero-order valence-electron chi connectivity index (χ0n) is 11.7. The largest absolute Gasteiger partial charge is 0.476 e. The van der Waals surface area contributed by atoms with Gasteiger partial charge in [-0.3, -0.25) is 0 Å². The van der Waals surface area contributed by atoms with Crippen LogP contribution < -0.4 is 10.1 Å². The zero-order chi connectivity index (χ0) is 13.7. The summed E-state index contributed by atoms with van der Waals surface area (Å²) >= 11 is 0. The lowest BCUT2D eigenvalue weighted by Crippen LogP contribution is -2.05. The van der Waals surface area contributed by atoms with E-state index in [0.29, 0.717) is 12.5 Å². The summed E-state index contributed by atoms with van der Waals surface area (Å²) < 4.78 is 5.51. The number of hydrogen-bond donors (Lipinski definition) is 1. The molecule has 3 nitrogen and oxygen atoms in total. The minimum atomic E-state index is 0.620. The van der Waals surface area contributed by atoms with E-state index < -0.39 is 0 Å². The lowest BCUT2D eigenvalue weighted by atomic mass is 10.0. The predicted molar refractivity (Wildman–Crippen MR) is 78.6 cm³/mol. The summed E-state index contributed by atoms with van der Waals surface area (Å²) in [6.07, 6.45) is 1.74. The molecule has 0 aliphatic carbocycles. The van der Waals surface area contributed by atoms with Crippen molar-refractivity contribution in [2.24, 2.45) is 0 Å². The van der Waals surface area contributed by atoms with Crippen molar-refractivity contribution in [3.05, 3.63) is 53.2 Å². The van der Waals surface area contributed by atoms with Crippen molar-refractivity contribution >= 4 is 5.69 Å². The molecule has 100 valence electrons. The summed E-state index contributed by atoms with van der Waals surface area (Å²) in [4.78, 5) is 4.24. The number of pyridine rings is 1. The average Bonchev–Trinajstić information content (AvgIpc) is 2.42. The van der Waals surface area contributed by atoms with Crippen LogP contribution in [-0.4, -0.2) is 11.6 Å². The Morgan fingerprint density at radius 3 is 2.79 bits per heavy atom. The fourth-order valence-electron chi connectivity index (χ4n) is 1.97. The Morgan fingerprint density at radius 1 is 1.16 bits per heavy atom. The average molecular weight is 256 g/mol. The van der Waals surface area contributed by atoms with Crippen LogP contribution in [-0.2, 0) is 6.54 Å². The van der Waals surface area contributed by atoms with E-state index in [9.17, 15) is 0 Å². The summed E-state index contributed by atoms with van der Waals surface area (Å²) in [5.74, 6) is 0.662. The summed E-state index contributed by atoms with van der Waals surface area (Å²) in [5, 5.41) is 3.39. The third kappa shape index (κ3) is 3.25. The third-order valence-electron chi connectivity index (χ3n) is 3.24. The summed E-state index contributed by atoms with van der Waals surface area (Å²) in [6.45, 7) is 7.64. The van der Waals surface area contributed by atoms with Gasteiger partial charge in [0, 0.05) is 12.7 Å². The number of nitrogens with zero attached hydrogens (tertiary/aromatic N) is 1. The van der Waals surface area contributed by atoms with Gasteiger partial charge in [0.2, 0.25) is 5.88 Å². The number of hydrogen-bond acceptors (Lipinski definition) is 3. The molecule has 3 heteroatoms. The molecule has 1 N–H and O–H groups in total. The Labute approximate surface area is 114 Å². The van der Waals surface area contributed by atoms with Gasteiger partial charge < -0.3 is 10.1 Å². The Kier molecular flexibility index (Phi) is 4.39. The van der Waals surface area contributed by atoms with Crippen LogP contribution >= 0.6 is 0 Å². The van der Waals surface area contributed by atoms with Crippen LogP contribution in [0, 0.1) is 13.8 Å². The SMILES string of the molecule is CCOc1ncccc1NCc1cccc(C)c1C. The van der Waals surface area contributed by atoms with E-state index in [2.05, 4.69) is 42.3 Å². The van der Waals surface area contributed by atoms with Gasteiger partial charge in [-0.25, -0.2) is 4.98 Å². The number of benzene rings is 1. The number of aryl methyl sites for hydroxylation is 1. The van der Waals surface area contributed by atoms with Crippen molar-refractivity contribution in [2.45, 2.75) is 27.3 Å². The number of rotatable bonds is 5. The fraction of sp³-hybridized carbons (Fsp3) is 0.312. The first-order chi connectivity index (χ1) is 9.22. The number of anilines is 1. The van der Waals surface area contributed by atoms with Crippen LogP contribution in [0.2, 0.25) is 0 Å². The van der Waals surface area contributed by atoms with Gasteiger partial charge in [0.05, 0.1) is 12.3 Å². The van der Waals surface area contributed by atoms with Crippen molar-refractivity contribution in [1.82, 2.24) is 4.98 Å². The number of ether oxygens (including phenoxy) is 1. The second-order valence-corrected chi connectivity index (χ2v) is 4.50. The fourth-order valence-corrected chi connectivity index (χ4v) is 1.97. The van der Waals surface area contributed by atoms with Crippen LogP contribution in [0.3, 0.4) is 0 Å². The van der Waals surface area contributed by atoms with E-state index in [4.69, 9.17) is 4.74 Å². The first-order valence-electron chi connectivity index (χ1n) is 6.59. The van der Waals surface area contributed by atoms with Gasteiger partial charge >= 0.3 is 0 Å². The van der Waals surface area contributed by atoms with Gasteiger partial charge in [-0.1, -0.05) is 18.2 Å². The predicted octanol–water partition coefficient (Wildman–Crippen LogP) is 3.71. The monoisotopic (exact) mass is 256 g/mol. The molecule has 2 rings (SSSR count). The molecule has 0 saturated heterocycles. The Bertz CT molecular complexity index is 552. The van der Waals surface area contributed by atoms with Crippen LogP contribution in [0.25, 0.3) is 0 Å². The molecule has 1 aromatic carbocycles. The van der Waals surface area contributed by atoms with Gasteiger partial charge in [0.15, 0.2) is 0 Å². The van der Waals surface area contributed by atoms with Crippen LogP contribution in [0.5, 0.6) is 5.88 Å². The second kappa shape index (κ2) is 6.23. The normalized spacial score (nSPS) is 10.3. The maximum Gasteiger partial charge on any atom is 0.237 e. The third-order valence-corrected chi connectivity index (χ3v) is 3.24. The molecule has 0 atom stereocenters. The lowest BCUT2D eigenvalue weighted by Gasteiger charge is -2.13. The van der Waals surface area contributed by atoms with E-state index >= 15 is 0 Å². The first-order valence-corrected chi connectivity index (χ1v) is 6.59. The van der Waals surface area contributed by atoms with Gasteiger partial charge in [-0.15, -0.1) is 0 Å². The Morgan fingerprint density at radius 2 is 2.00 bits per heavy atom. The van der Waals surface area contributed by atoms with Crippen LogP contribution in [0.1, 0.15) is 23.6 Å². The van der Waals surface area contributed by atoms with Gasteiger partial charge in [0.1, 0.15) is 0 Å². The van der Waals surface area contributed by atoms with Crippen LogP contribution in [0.15, 0.2) is 36.5 Å². The second-order valence-electron chi connectivity index (χ2n) is 4.50. The molecule has 0 unspecified atom stereocenters. The molecular weight excluding hydrogens is 236 g/mol. The molecule has 0 aliphatic heterocycles. The Hall–Kier alpha value is -2.03. The molecule has 0 saturated carbocycles. The van der Waals surface area contributed by atoms with Crippen molar-refractivity contribution in [3.8, 4) is 5.88 Å². The molecule has 0 spiro atoms. The van der Waals surface area contributed by atoms with E-state index in [0.717, 1.165) is 12.2 Å². The van der Waals surface area contributed by atoms with Crippen LogP contribution in [0.4, 0.5) is 5.69 Å². The van der Waals surface area contributed by atoms with E-state index in [1.165, 1.54) is 16.7 Å². The first kappa shape index (κ1) is 13.4. The topological polar surface area (TPSA) is 34.1 Å². The smallest absolute Gasteiger partial charge is 0.237 e. The zero-order valence-corrected chi connectivity index (χ0v) is 11.7. The molecule has 0 bridgehead atoms. The molecule has 2 aromatic rings. The maximum atomic E-state index is 5.51. The maximum absolute atomic E-state index is 5.51. The number of aromatic nitrogens is 1. The summed E-state index contributed by atoms with van der Waals surface area (Å²) in [7, 11) is 0. The molecule has 0 fully saturated rings. The highest BCUT2D eigenvalue weighted by atomic mass is 16.5. The van der Waals surface area contributed by atoms with Crippen molar-refractivity contribution < 1.29 is 4.74 Å². The van der Waals surface area contributed by atoms with E-state index in [-0.39, 0.29) is 0 Å². The van der Waals surface area contributed by atoms with E-state index in [1.54, 1.807) is 6.20 Å². The van der Waals surface area contributed by atoms with Gasteiger partial charge in [-0.05, 0) is 49.6 Å². The van der Waals surface area contributed by atoms with Crippen molar-refractivity contribution in [1.29, 1.82) is 0 Å². The highest BCUT2D eigenvalue weighted by molar-refractivity contribution is 5.52. The van der Waals surface area contributed by atoms with E-state index in [1.807, 2.05) is 19.1 Å². The molecule has 0 aliphatic rings. The minimum absolute atomic E-state index is 0.620. The number of nitrogens with one attached hydrogen (secondary N) is 1. The summed E-state index contributed by atoms with van der Waals surface area (Å²) in [6, 6.07) is 10.3. The Balaban J connectivity index is 2.12. The summed E-state index contributed by atoms with van der Waals surface area (Å²) in [5.41, 5.74) is 4.88. The minimum Gasteiger partial charge on any atom is -0.476 e. The molecule has 0 amide bonds. The molecular formula is C16H20N2O. The molecule has 19 heavy (non-hydrogen) atoms. The highest BCUT2D eigenvalue weighted by Gasteiger charge is 2.05. The van der Waals surface area contributed by atoms with Gasteiger partial charge in [-0.2, -0.15) is 0 Å². The quantitative estimate of drug-likeness (QED) is 0.885. The van der Waals surface area contributed by atoms with Gasteiger partial charge in [0.25, 0.3) is 0 Å². The highest BCUT2D eigenvalue weighted by Crippen LogP contribution is 2.22.